The van der Waals surface area contributed by atoms with Crippen LogP contribution in [0.2, 0.25) is 0 Å². The standard InChI is InChI=1S/C17H21F3N2O5.ClH/c1-25-16(24)9-14(22-15(23)8-12-10-26-7-6-21-12)11-2-4-13(5-3-11)27-17(18,19)20;/h2-5,12,14,21H,6-10H2,1H3,(H,22,23);1H. The molecule has 1 aliphatic rings. The van der Waals surface area contributed by atoms with Gasteiger partial charge in [0.15, 0.2) is 0 Å². The second-order valence-electron chi connectivity index (χ2n) is 5.95. The summed E-state index contributed by atoms with van der Waals surface area (Å²) in [7, 11) is 1.21. The lowest BCUT2D eigenvalue weighted by atomic mass is 10.0. The minimum atomic E-state index is -4.80. The predicted molar refractivity (Wildman–Crippen MR) is 95.1 cm³/mol. The van der Waals surface area contributed by atoms with E-state index in [-0.39, 0.29) is 37.2 Å². The van der Waals surface area contributed by atoms with Crippen LogP contribution in [0.5, 0.6) is 5.75 Å². The molecule has 0 saturated carbocycles. The Morgan fingerprint density at radius 1 is 1.32 bits per heavy atom. The van der Waals surface area contributed by atoms with Crippen LogP contribution in [-0.4, -0.2) is 51.1 Å². The van der Waals surface area contributed by atoms with Crippen molar-refractivity contribution in [2.75, 3.05) is 26.9 Å². The largest absolute Gasteiger partial charge is 0.573 e. The van der Waals surface area contributed by atoms with E-state index in [4.69, 9.17) is 4.74 Å². The summed E-state index contributed by atoms with van der Waals surface area (Å²) in [6, 6.07) is 4.08. The minimum absolute atomic E-state index is 0. The van der Waals surface area contributed by atoms with Gasteiger partial charge in [-0.1, -0.05) is 12.1 Å². The summed E-state index contributed by atoms with van der Waals surface area (Å²) in [5.41, 5.74) is 0.455. The molecule has 28 heavy (non-hydrogen) atoms. The molecule has 0 bridgehead atoms. The van der Waals surface area contributed by atoms with Gasteiger partial charge in [0.2, 0.25) is 5.91 Å². The molecular weight excluding hydrogens is 405 g/mol. The highest BCUT2D eigenvalue weighted by molar-refractivity contribution is 5.85. The minimum Gasteiger partial charge on any atom is -0.469 e. The van der Waals surface area contributed by atoms with Crippen LogP contribution < -0.4 is 15.4 Å². The number of benzene rings is 1. The maximum atomic E-state index is 12.3. The second-order valence-corrected chi connectivity index (χ2v) is 5.95. The number of amides is 1. The van der Waals surface area contributed by atoms with Gasteiger partial charge in [-0.15, -0.1) is 25.6 Å². The molecule has 1 fully saturated rings. The fraction of sp³-hybridized carbons (Fsp3) is 0.529. The number of nitrogens with one attached hydrogen (secondary N) is 2. The molecular formula is C17H22ClF3N2O5. The number of methoxy groups -OCH3 is 1. The Balaban J connectivity index is 0.00000392. The fourth-order valence-corrected chi connectivity index (χ4v) is 2.63. The number of carbonyl (C=O) groups excluding carboxylic acids is 2. The molecule has 0 spiro atoms. The maximum absolute atomic E-state index is 12.3. The van der Waals surface area contributed by atoms with E-state index in [0.29, 0.717) is 25.3 Å². The molecule has 2 rings (SSSR count). The zero-order valence-corrected chi connectivity index (χ0v) is 15.9. The van der Waals surface area contributed by atoms with Gasteiger partial charge in [0.1, 0.15) is 5.75 Å². The number of rotatable bonds is 7. The van der Waals surface area contributed by atoms with Crippen molar-refractivity contribution in [2.45, 2.75) is 31.3 Å². The summed E-state index contributed by atoms with van der Waals surface area (Å²) in [6.07, 6.45) is -4.81. The number of alkyl halides is 3. The Hall–Kier alpha value is -2.04. The molecule has 1 aliphatic heterocycles. The van der Waals surface area contributed by atoms with Crippen LogP contribution in [0.25, 0.3) is 0 Å². The van der Waals surface area contributed by atoms with Gasteiger partial charge in [-0.3, -0.25) is 9.59 Å². The molecule has 0 aromatic heterocycles. The third-order valence-corrected chi connectivity index (χ3v) is 3.88. The number of ether oxygens (including phenoxy) is 3. The van der Waals surface area contributed by atoms with E-state index in [0.717, 1.165) is 12.1 Å². The van der Waals surface area contributed by atoms with E-state index < -0.39 is 24.1 Å². The smallest absolute Gasteiger partial charge is 0.469 e. The topological polar surface area (TPSA) is 85.9 Å². The lowest BCUT2D eigenvalue weighted by molar-refractivity contribution is -0.274. The highest BCUT2D eigenvalue weighted by Crippen LogP contribution is 2.25. The number of halogens is 4. The van der Waals surface area contributed by atoms with Crippen molar-refractivity contribution in [3.05, 3.63) is 29.8 Å². The van der Waals surface area contributed by atoms with Gasteiger partial charge in [0.25, 0.3) is 0 Å². The van der Waals surface area contributed by atoms with E-state index in [1.54, 1.807) is 0 Å². The number of morpholine rings is 1. The van der Waals surface area contributed by atoms with E-state index in [2.05, 4.69) is 20.1 Å². The van der Waals surface area contributed by atoms with E-state index in [9.17, 15) is 22.8 Å². The first kappa shape index (κ1) is 24.0. The highest BCUT2D eigenvalue weighted by Gasteiger charge is 2.31. The third-order valence-electron chi connectivity index (χ3n) is 3.88. The fourth-order valence-electron chi connectivity index (χ4n) is 2.63. The Labute approximate surface area is 166 Å². The highest BCUT2D eigenvalue weighted by atomic mass is 35.5. The lowest BCUT2D eigenvalue weighted by Crippen LogP contribution is -2.44. The summed E-state index contributed by atoms with van der Waals surface area (Å²) >= 11 is 0. The van der Waals surface area contributed by atoms with Crippen LogP contribution in [0.1, 0.15) is 24.4 Å². The molecule has 2 N–H and O–H groups in total. The van der Waals surface area contributed by atoms with Gasteiger partial charge in [0.05, 0.1) is 32.8 Å². The van der Waals surface area contributed by atoms with Gasteiger partial charge >= 0.3 is 12.3 Å². The van der Waals surface area contributed by atoms with Gasteiger partial charge in [-0.25, -0.2) is 0 Å². The first-order valence-corrected chi connectivity index (χ1v) is 8.30. The van der Waals surface area contributed by atoms with E-state index >= 15 is 0 Å². The molecule has 0 aliphatic carbocycles. The van der Waals surface area contributed by atoms with Gasteiger partial charge in [0, 0.05) is 19.0 Å². The molecule has 1 heterocycles. The van der Waals surface area contributed by atoms with Crippen molar-refractivity contribution in [2.24, 2.45) is 0 Å². The van der Waals surface area contributed by atoms with Crippen molar-refractivity contribution in [1.29, 1.82) is 0 Å². The van der Waals surface area contributed by atoms with Crippen molar-refractivity contribution < 1.29 is 37.0 Å². The van der Waals surface area contributed by atoms with Gasteiger partial charge < -0.3 is 24.8 Å². The molecule has 0 radical (unpaired) electrons. The molecule has 7 nitrogen and oxygen atoms in total. The first-order chi connectivity index (χ1) is 12.8. The van der Waals surface area contributed by atoms with E-state index in [1.165, 1.54) is 19.2 Å². The Kier molecular flexibility index (Phi) is 9.50. The molecule has 2 atom stereocenters. The monoisotopic (exact) mass is 426 g/mol. The Morgan fingerprint density at radius 2 is 2.00 bits per heavy atom. The van der Waals surface area contributed by atoms with Crippen LogP contribution in [0.4, 0.5) is 13.2 Å². The first-order valence-electron chi connectivity index (χ1n) is 8.30. The van der Waals surface area contributed by atoms with Crippen LogP contribution in [0, 0.1) is 0 Å². The average Bonchev–Trinajstić information content (AvgIpc) is 2.61. The summed E-state index contributed by atoms with van der Waals surface area (Å²) in [6.45, 7) is 1.62. The van der Waals surface area contributed by atoms with Crippen molar-refractivity contribution in [1.82, 2.24) is 10.6 Å². The predicted octanol–water partition coefficient (Wildman–Crippen LogP) is 2.11. The van der Waals surface area contributed by atoms with E-state index in [1.807, 2.05) is 0 Å². The lowest BCUT2D eigenvalue weighted by Gasteiger charge is -2.25. The number of hydrogen-bond donors (Lipinski definition) is 2. The second kappa shape index (κ2) is 11.1. The summed E-state index contributed by atoms with van der Waals surface area (Å²) < 4.78 is 50.5. The molecule has 1 amide bonds. The Bertz CT molecular complexity index is 637. The van der Waals surface area contributed by atoms with Crippen LogP contribution in [0.15, 0.2) is 24.3 Å². The summed E-state index contributed by atoms with van der Waals surface area (Å²) in [5.74, 6) is -1.27. The van der Waals surface area contributed by atoms with Gasteiger partial charge in [-0.05, 0) is 17.7 Å². The molecule has 158 valence electrons. The molecule has 1 aromatic carbocycles. The van der Waals surface area contributed by atoms with Crippen molar-refractivity contribution in [3.63, 3.8) is 0 Å². The quantitative estimate of drug-likeness (QED) is 0.649. The van der Waals surface area contributed by atoms with Crippen LogP contribution >= 0.6 is 12.4 Å². The number of hydrogen-bond acceptors (Lipinski definition) is 6. The van der Waals surface area contributed by atoms with Crippen LogP contribution in [0.3, 0.4) is 0 Å². The molecule has 1 aromatic rings. The van der Waals surface area contributed by atoms with Crippen molar-refractivity contribution in [3.8, 4) is 5.75 Å². The average molecular weight is 427 g/mol. The van der Waals surface area contributed by atoms with Crippen LogP contribution in [-0.2, 0) is 19.1 Å². The third kappa shape index (κ3) is 8.32. The summed E-state index contributed by atoms with van der Waals surface area (Å²) in [4.78, 5) is 23.9. The number of esters is 1. The Morgan fingerprint density at radius 3 is 2.54 bits per heavy atom. The summed E-state index contributed by atoms with van der Waals surface area (Å²) in [5, 5.41) is 5.86. The SMILES string of the molecule is COC(=O)CC(NC(=O)CC1COCCN1)c1ccc(OC(F)(F)F)cc1.Cl. The zero-order chi connectivity index (χ0) is 19.9. The van der Waals surface area contributed by atoms with Gasteiger partial charge in [-0.2, -0.15) is 0 Å². The number of carbonyl (C=O) groups is 2. The maximum Gasteiger partial charge on any atom is 0.573 e. The van der Waals surface area contributed by atoms with Crippen molar-refractivity contribution >= 4 is 24.3 Å². The normalized spacial score (nSPS) is 17.8. The molecule has 2 unspecified atom stereocenters. The molecule has 11 heteroatoms. The molecule has 1 saturated heterocycles. The zero-order valence-electron chi connectivity index (χ0n) is 15.1.